The molecule has 0 unspecified atom stereocenters. The van der Waals surface area contributed by atoms with Crippen LogP contribution in [-0.4, -0.2) is 25.0 Å². The van der Waals surface area contributed by atoms with Crippen molar-refractivity contribution in [3.63, 3.8) is 0 Å². The number of anilines is 1. The zero-order chi connectivity index (χ0) is 13.7. The molecular formula is C14H16BrClN2S. The lowest BCUT2D eigenvalue weighted by molar-refractivity contribution is 0.343. The lowest BCUT2D eigenvalue weighted by Crippen LogP contribution is -2.24. The minimum atomic E-state index is 0.858. The van der Waals surface area contributed by atoms with Gasteiger partial charge in [-0.3, -0.25) is 4.90 Å². The quantitative estimate of drug-likeness (QED) is 0.803. The smallest absolute Gasteiger partial charge is 0.0931 e. The van der Waals surface area contributed by atoms with Crippen molar-refractivity contribution in [3.8, 4) is 0 Å². The Morgan fingerprint density at radius 2 is 1.95 bits per heavy atom. The zero-order valence-corrected chi connectivity index (χ0v) is 13.9. The largest absolute Gasteiger partial charge is 0.384 e. The molecule has 19 heavy (non-hydrogen) atoms. The van der Waals surface area contributed by atoms with E-state index in [0.29, 0.717) is 0 Å². The van der Waals surface area contributed by atoms with Gasteiger partial charge in [-0.2, -0.15) is 0 Å². The fraction of sp³-hybridized carbons (Fsp3) is 0.286. The van der Waals surface area contributed by atoms with Gasteiger partial charge in [-0.25, -0.2) is 0 Å². The van der Waals surface area contributed by atoms with Gasteiger partial charge in [-0.1, -0.05) is 27.5 Å². The molecule has 0 bridgehead atoms. The highest BCUT2D eigenvalue weighted by atomic mass is 79.9. The van der Waals surface area contributed by atoms with Crippen molar-refractivity contribution in [3.05, 3.63) is 50.1 Å². The van der Waals surface area contributed by atoms with Crippen LogP contribution >= 0.6 is 38.9 Å². The minimum Gasteiger partial charge on any atom is -0.384 e. The van der Waals surface area contributed by atoms with E-state index in [1.54, 1.807) is 11.3 Å². The van der Waals surface area contributed by atoms with Gasteiger partial charge in [0.1, 0.15) is 0 Å². The summed E-state index contributed by atoms with van der Waals surface area (Å²) in [5, 5.41) is 3.41. The van der Waals surface area contributed by atoms with Crippen LogP contribution in [0.3, 0.4) is 0 Å². The molecule has 0 fully saturated rings. The van der Waals surface area contributed by atoms with Gasteiger partial charge in [0.05, 0.1) is 4.34 Å². The molecule has 0 spiro atoms. The SMILES string of the molecule is CN(CCNc1ccc(Br)cc1)Cc1ccc(Cl)s1. The van der Waals surface area contributed by atoms with Crippen LogP contribution in [0.1, 0.15) is 4.88 Å². The second-order valence-corrected chi connectivity index (χ2v) is 7.09. The van der Waals surface area contributed by atoms with Crippen molar-refractivity contribution in [2.45, 2.75) is 6.54 Å². The summed E-state index contributed by atoms with van der Waals surface area (Å²) >= 11 is 11.0. The first-order chi connectivity index (χ1) is 9.13. The first kappa shape index (κ1) is 14.9. The van der Waals surface area contributed by atoms with E-state index in [1.807, 2.05) is 18.2 Å². The predicted octanol–water partition coefficient (Wildman–Crippen LogP) is 4.71. The van der Waals surface area contributed by atoms with Gasteiger partial charge in [-0.15, -0.1) is 11.3 Å². The Labute approximate surface area is 131 Å². The maximum absolute atomic E-state index is 5.92. The number of halogens is 2. The van der Waals surface area contributed by atoms with E-state index in [9.17, 15) is 0 Å². The fourth-order valence-corrected chi connectivity index (χ4v) is 3.17. The number of rotatable bonds is 6. The van der Waals surface area contributed by atoms with Crippen LogP contribution < -0.4 is 5.32 Å². The summed E-state index contributed by atoms with van der Waals surface area (Å²) in [6, 6.07) is 12.3. The lowest BCUT2D eigenvalue weighted by Gasteiger charge is -2.16. The molecular weight excluding hydrogens is 344 g/mol. The molecule has 0 radical (unpaired) electrons. The molecule has 5 heteroatoms. The number of benzene rings is 1. The number of thiophene rings is 1. The van der Waals surface area contributed by atoms with Gasteiger partial charge in [0.2, 0.25) is 0 Å². The molecule has 102 valence electrons. The minimum absolute atomic E-state index is 0.858. The van der Waals surface area contributed by atoms with Gasteiger partial charge >= 0.3 is 0 Å². The fourth-order valence-electron chi connectivity index (χ4n) is 1.74. The molecule has 1 aromatic carbocycles. The number of hydrogen-bond acceptors (Lipinski definition) is 3. The Balaban J connectivity index is 1.71. The predicted molar refractivity (Wildman–Crippen MR) is 88.3 cm³/mol. The summed E-state index contributed by atoms with van der Waals surface area (Å²) in [5.41, 5.74) is 1.15. The van der Waals surface area contributed by atoms with E-state index in [-0.39, 0.29) is 0 Å². The topological polar surface area (TPSA) is 15.3 Å². The van der Waals surface area contributed by atoms with E-state index in [2.05, 4.69) is 51.4 Å². The third kappa shape index (κ3) is 5.15. The van der Waals surface area contributed by atoms with Crippen LogP contribution in [0.5, 0.6) is 0 Å². The highest BCUT2D eigenvalue weighted by molar-refractivity contribution is 9.10. The molecule has 0 aliphatic heterocycles. The molecule has 1 aromatic heterocycles. The van der Waals surface area contributed by atoms with Crippen LogP contribution in [0.25, 0.3) is 0 Å². The molecule has 2 nitrogen and oxygen atoms in total. The second-order valence-electron chi connectivity index (χ2n) is 4.38. The third-order valence-electron chi connectivity index (χ3n) is 2.72. The van der Waals surface area contributed by atoms with Gasteiger partial charge in [0.25, 0.3) is 0 Å². The Hall–Kier alpha value is -0.550. The van der Waals surface area contributed by atoms with E-state index < -0.39 is 0 Å². The lowest BCUT2D eigenvalue weighted by atomic mass is 10.3. The molecule has 2 rings (SSSR count). The summed E-state index contributed by atoms with van der Waals surface area (Å²) in [7, 11) is 2.12. The molecule has 0 aliphatic rings. The molecule has 0 saturated carbocycles. The molecule has 0 atom stereocenters. The first-order valence-corrected chi connectivity index (χ1v) is 8.04. The molecule has 0 aliphatic carbocycles. The van der Waals surface area contributed by atoms with Crippen LogP contribution in [-0.2, 0) is 6.54 Å². The standard InChI is InChI=1S/C14H16BrClN2S/c1-18(10-13-6-7-14(16)19-13)9-8-17-12-4-2-11(15)3-5-12/h2-7,17H,8-10H2,1H3. The van der Waals surface area contributed by atoms with Crippen molar-refractivity contribution >= 4 is 44.6 Å². The van der Waals surface area contributed by atoms with Crippen LogP contribution in [0, 0.1) is 0 Å². The Bertz CT molecular complexity index is 512. The maximum atomic E-state index is 5.92. The van der Waals surface area contributed by atoms with Gasteiger partial charge < -0.3 is 5.32 Å². The molecule has 2 aromatic rings. The van der Waals surface area contributed by atoms with Gasteiger partial charge in [0.15, 0.2) is 0 Å². The van der Waals surface area contributed by atoms with Gasteiger partial charge in [-0.05, 0) is 43.4 Å². The normalized spacial score (nSPS) is 10.9. The summed E-state index contributed by atoms with van der Waals surface area (Å²) in [6.07, 6.45) is 0. The zero-order valence-electron chi connectivity index (χ0n) is 10.7. The number of hydrogen-bond donors (Lipinski definition) is 1. The summed E-state index contributed by atoms with van der Waals surface area (Å²) in [6.45, 7) is 2.86. The van der Waals surface area contributed by atoms with Crippen molar-refractivity contribution in [2.24, 2.45) is 0 Å². The molecule has 1 N–H and O–H groups in total. The second kappa shape index (κ2) is 7.29. The third-order valence-corrected chi connectivity index (χ3v) is 4.47. The van der Waals surface area contributed by atoms with Crippen LogP contribution in [0.2, 0.25) is 4.34 Å². The number of likely N-dealkylation sites (N-methyl/N-ethyl adjacent to an activating group) is 1. The Kier molecular flexibility index (Phi) is 5.70. The van der Waals surface area contributed by atoms with Crippen LogP contribution in [0.15, 0.2) is 40.9 Å². The summed E-state index contributed by atoms with van der Waals surface area (Å²) < 4.78 is 1.96. The van der Waals surface area contributed by atoms with E-state index in [4.69, 9.17) is 11.6 Å². The summed E-state index contributed by atoms with van der Waals surface area (Å²) in [5.74, 6) is 0. The molecule has 0 amide bonds. The van der Waals surface area contributed by atoms with E-state index in [0.717, 1.165) is 34.1 Å². The monoisotopic (exact) mass is 358 g/mol. The highest BCUT2D eigenvalue weighted by Crippen LogP contribution is 2.22. The highest BCUT2D eigenvalue weighted by Gasteiger charge is 2.03. The Morgan fingerprint density at radius 3 is 2.58 bits per heavy atom. The average molecular weight is 360 g/mol. The van der Waals surface area contributed by atoms with Crippen molar-refractivity contribution in [1.29, 1.82) is 0 Å². The Morgan fingerprint density at radius 1 is 1.21 bits per heavy atom. The average Bonchev–Trinajstić information content (AvgIpc) is 2.77. The van der Waals surface area contributed by atoms with E-state index in [1.165, 1.54) is 4.88 Å². The molecule has 0 saturated heterocycles. The van der Waals surface area contributed by atoms with Crippen molar-refractivity contribution < 1.29 is 0 Å². The van der Waals surface area contributed by atoms with Crippen LogP contribution in [0.4, 0.5) is 5.69 Å². The summed E-state index contributed by atoms with van der Waals surface area (Å²) in [4.78, 5) is 3.59. The van der Waals surface area contributed by atoms with Crippen molar-refractivity contribution in [1.82, 2.24) is 4.90 Å². The van der Waals surface area contributed by atoms with E-state index >= 15 is 0 Å². The molecule has 1 heterocycles. The maximum Gasteiger partial charge on any atom is 0.0931 e. The number of nitrogens with zero attached hydrogens (tertiary/aromatic N) is 1. The number of nitrogens with one attached hydrogen (secondary N) is 1. The van der Waals surface area contributed by atoms with Crippen molar-refractivity contribution in [2.75, 3.05) is 25.5 Å². The van der Waals surface area contributed by atoms with Gasteiger partial charge in [0, 0.05) is 34.7 Å². The first-order valence-electron chi connectivity index (χ1n) is 6.06.